The van der Waals surface area contributed by atoms with E-state index in [0.29, 0.717) is 28.0 Å². The van der Waals surface area contributed by atoms with Gasteiger partial charge in [-0.25, -0.2) is 0 Å². The summed E-state index contributed by atoms with van der Waals surface area (Å²) in [5.74, 6) is -0.294. The summed E-state index contributed by atoms with van der Waals surface area (Å²) in [4.78, 5) is 12.7. The maximum Gasteiger partial charge on any atom is 0.263 e. The highest BCUT2D eigenvalue weighted by Gasteiger charge is 2.33. The monoisotopic (exact) mass is 345 g/mol. The molecule has 2 heterocycles. The topological polar surface area (TPSA) is 58.6 Å². The Balaban J connectivity index is 1.79. The number of amides is 1. The summed E-state index contributed by atoms with van der Waals surface area (Å²) in [7, 11) is 0. The molecule has 1 amide bonds. The van der Waals surface area contributed by atoms with E-state index in [9.17, 15) is 9.90 Å². The third-order valence-corrected chi connectivity index (χ3v) is 5.35. The van der Waals surface area contributed by atoms with E-state index in [-0.39, 0.29) is 19.1 Å². The Morgan fingerprint density at radius 2 is 2.29 bits per heavy atom. The van der Waals surface area contributed by atoms with Crippen LogP contribution in [0.15, 0.2) is 18.2 Å². The van der Waals surface area contributed by atoms with E-state index in [2.05, 4.69) is 5.32 Å². The number of hydrogen-bond acceptors (Lipinski definition) is 4. The predicted octanol–water partition coefficient (Wildman–Crippen LogP) is 3.09. The van der Waals surface area contributed by atoms with Crippen molar-refractivity contribution in [2.45, 2.75) is 12.0 Å². The van der Waals surface area contributed by atoms with Crippen LogP contribution in [0.25, 0.3) is 10.1 Å². The van der Waals surface area contributed by atoms with Crippen LogP contribution in [0, 0.1) is 0 Å². The molecule has 112 valence electrons. The second-order valence-corrected chi connectivity index (χ2v) is 6.96. The lowest BCUT2D eigenvalue weighted by Gasteiger charge is -2.20. The van der Waals surface area contributed by atoms with Gasteiger partial charge in [0, 0.05) is 34.7 Å². The van der Waals surface area contributed by atoms with Gasteiger partial charge in [0.05, 0.1) is 11.6 Å². The van der Waals surface area contributed by atoms with E-state index in [0.717, 1.165) is 10.1 Å². The van der Waals surface area contributed by atoms with Crippen molar-refractivity contribution in [1.82, 2.24) is 5.32 Å². The first-order valence-electron chi connectivity index (χ1n) is 6.44. The van der Waals surface area contributed by atoms with Crippen LogP contribution < -0.4 is 5.32 Å². The van der Waals surface area contributed by atoms with Crippen LogP contribution in [0.5, 0.6) is 0 Å². The molecule has 1 aliphatic rings. The second-order valence-electron chi connectivity index (χ2n) is 5.10. The minimum absolute atomic E-state index is 0.150. The number of carbonyl (C=O) groups is 1. The fourth-order valence-electron chi connectivity index (χ4n) is 2.25. The minimum Gasteiger partial charge on any atom is -0.386 e. The molecule has 1 aromatic carbocycles. The maximum absolute atomic E-state index is 12.2. The number of ether oxygens (including phenoxy) is 1. The summed E-state index contributed by atoms with van der Waals surface area (Å²) in [6.07, 6.45) is 0.517. The van der Waals surface area contributed by atoms with E-state index in [1.165, 1.54) is 11.3 Å². The third kappa shape index (κ3) is 3.03. The van der Waals surface area contributed by atoms with Crippen molar-refractivity contribution in [3.8, 4) is 0 Å². The lowest BCUT2D eigenvalue weighted by molar-refractivity contribution is 0.0265. The van der Waals surface area contributed by atoms with Gasteiger partial charge in [0.25, 0.3) is 5.91 Å². The molecule has 1 saturated heterocycles. The zero-order valence-electron chi connectivity index (χ0n) is 11.0. The number of hydrogen-bond donors (Lipinski definition) is 2. The zero-order valence-corrected chi connectivity index (χ0v) is 13.3. The van der Waals surface area contributed by atoms with Gasteiger partial charge < -0.3 is 15.2 Å². The van der Waals surface area contributed by atoms with Crippen LogP contribution in [0.3, 0.4) is 0 Å². The Kier molecular flexibility index (Phi) is 4.12. The molecule has 21 heavy (non-hydrogen) atoms. The molecule has 0 radical (unpaired) electrons. The molecule has 4 nitrogen and oxygen atoms in total. The largest absolute Gasteiger partial charge is 0.386 e. The fourth-order valence-corrected chi connectivity index (χ4v) is 3.96. The summed E-state index contributed by atoms with van der Waals surface area (Å²) < 4.78 is 6.01. The van der Waals surface area contributed by atoms with Crippen LogP contribution in [-0.2, 0) is 4.74 Å². The maximum atomic E-state index is 12.2. The summed E-state index contributed by atoms with van der Waals surface area (Å²) in [6, 6.07) is 5.32. The number of aliphatic hydroxyl groups is 1. The molecule has 1 unspecified atom stereocenters. The van der Waals surface area contributed by atoms with Gasteiger partial charge in [-0.2, -0.15) is 0 Å². The number of nitrogens with one attached hydrogen (secondary N) is 1. The summed E-state index contributed by atoms with van der Waals surface area (Å²) in [6.45, 7) is 0.898. The molecule has 3 rings (SSSR count). The van der Waals surface area contributed by atoms with Gasteiger partial charge >= 0.3 is 0 Å². The van der Waals surface area contributed by atoms with Gasteiger partial charge in [0.2, 0.25) is 0 Å². The number of benzene rings is 1. The molecule has 0 aliphatic carbocycles. The second kappa shape index (κ2) is 5.74. The lowest BCUT2D eigenvalue weighted by atomic mass is 10.0. The van der Waals surface area contributed by atoms with Crippen LogP contribution in [0.4, 0.5) is 0 Å². The number of rotatable bonds is 3. The smallest absolute Gasteiger partial charge is 0.263 e. The van der Waals surface area contributed by atoms with Crippen LogP contribution in [0.1, 0.15) is 16.1 Å². The number of halogens is 2. The Bertz CT molecular complexity index is 695. The van der Waals surface area contributed by atoms with Crippen LogP contribution >= 0.6 is 34.5 Å². The minimum atomic E-state index is -0.984. The van der Waals surface area contributed by atoms with Crippen molar-refractivity contribution < 1.29 is 14.6 Å². The fraction of sp³-hybridized carbons (Fsp3) is 0.357. The highest BCUT2D eigenvalue weighted by molar-refractivity contribution is 7.21. The first-order valence-corrected chi connectivity index (χ1v) is 8.02. The van der Waals surface area contributed by atoms with Crippen molar-refractivity contribution in [1.29, 1.82) is 0 Å². The Hall–Kier alpha value is -0.850. The number of carbonyl (C=O) groups excluding carboxylic acids is 1. The van der Waals surface area contributed by atoms with Crippen molar-refractivity contribution in [3.05, 3.63) is 33.1 Å². The molecule has 0 bridgehead atoms. The van der Waals surface area contributed by atoms with Crippen LogP contribution in [0.2, 0.25) is 10.0 Å². The molecule has 1 fully saturated rings. The van der Waals surface area contributed by atoms with Gasteiger partial charge in [-0.15, -0.1) is 11.3 Å². The quantitative estimate of drug-likeness (QED) is 0.898. The van der Waals surface area contributed by atoms with Crippen molar-refractivity contribution >= 4 is 50.5 Å². The average molecular weight is 346 g/mol. The lowest BCUT2D eigenvalue weighted by Crippen LogP contribution is -2.43. The van der Waals surface area contributed by atoms with Gasteiger partial charge in [0.15, 0.2) is 0 Å². The first-order chi connectivity index (χ1) is 9.98. The van der Waals surface area contributed by atoms with Gasteiger partial charge in [-0.1, -0.05) is 29.3 Å². The molecular formula is C14H13Cl2NO3S. The molecule has 1 atom stereocenters. The number of fused-ring (bicyclic) bond motifs is 1. The Morgan fingerprint density at radius 1 is 1.48 bits per heavy atom. The number of thiophene rings is 1. The Morgan fingerprint density at radius 3 is 3.00 bits per heavy atom. The van der Waals surface area contributed by atoms with Crippen molar-refractivity contribution in [2.24, 2.45) is 0 Å². The summed E-state index contributed by atoms with van der Waals surface area (Å²) in [5.41, 5.74) is -0.984. The zero-order chi connectivity index (χ0) is 15.0. The van der Waals surface area contributed by atoms with Crippen LogP contribution in [-0.4, -0.2) is 36.4 Å². The van der Waals surface area contributed by atoms with Crippen molar-refractivity contribution in [2.75, 3.05) is 19.8 Å². The molecule has 2 N–H and O–H groups in total. The standard InChI is InChI=1S/C14H13Cl2NO3S/c15-8-1-2-9-10(5-8)21-12(11(9)16)13(18)17-6-14(19)3-4-20-7-14/h1-2,5,19H,3-4,6-7H2,(H,17,18). The van der Waals surface area contributed by atoms with E-state index < -0.39 is 5.60 Å². The normalized spacial score (nSPS) is 21.9. The van der Waals surface area contributed by atoms with Gasteiger partial charge in [0.1, 0.15) is 10.5 Å². The van der Waals surface area contributed by atoms with Gasteiger partial charge in [-0.3, -0.25) is 4.79 Å². The molecule has 2 aromatic rings. The molecule has 0 saturated carbocycles. The molecule has 7 heteroatoms. The highest BCUT2D eigenvalue weighted by Crippen LogP contribution is 2.36. The third-order valence-electron chi connectivity index (χ3n) is 3.46. The summed E-state index contributed by atoms with van der Waals surface area (Å²) >= 11 is 13.5. The van der Waals surface area contributed by atoms with E-state index in [4.69, 9.17) is 27.9 Å². The predicted molar refractivity (Wildman–Crippen MR) is 84.6 cm³/mol. The molecule has 0 spiro atoms. The molecule has 1 aliphatic heterocycles. The molecule has 1 aromatic heterocycles. The van der Waals surface area contributed by atoms with E-state index in [1.807, 2.05) is 0 Å². The first kappa shape index (κ1) is 15.1. The molecular weight excluding hydrogens is 333 g/mol. The van der Waals surface area contributed by atoms with E-state index in [1.54, 1.807) is 18.2 Å². The van der Waals surface area contributed by atoms with Crippen molar-refractivity contribution in [3.63, 3.8) is 0 Å². The van der Waals surface area contributed by atoms with Gasteiger partial charge in [-0.05, 0) is 12.1 Å². The summed E-state index contributed by atoms with van der Waals surface area (Å²) in [5, 5.41) is 14.7. The average Bonchev–Trinajstić information content (AvgIpc) is 3.01. The van der Waals surface area contributed by atoms with E-state index >= 15 is 0 Å². The highest BCUT2D eigenvalue weighted by atomic mass is 35.5. The Labute approximate surface area is 135 Å². The SMILES string of the molecule is O=C(NCC1(O)CCOC1)c1sc2cc(Cl)ccc2c1Cl.